The number of nitrogens with one attached hydrogen (secondary N) is 2. The Bertz CT molecular complexity index is 428. The van der Waals surface area contributed by atoms with Gasteiger partial charge in [-0.05, 0) is 51.4 Å². The van der Waals surface area contributed by atoms with Gasteiger partial charge in [-0.3, -0.25) is 4.99 Å². The van der Waals surface area contributed by atoms with E-state index in [9.17, 15) is 5.11 Å². The van der Waals surface area contributed by atoms with Gasteiger partial charge < -0.3 is 25.4 Å². The van der Waals surface area contributed by atoms with Gasteiger partial charge in [0.05, 0.1) is 19.3 Å². The van der Waals surface area contributed by atoms with Gasteiger partial charge in [0.25, 0.3) is 0 Å². The quantitative estimate of drug-likeness (QED) is 0.428. The third-order valence-electron chi connectivity index (χ3n) is 5.88. The lowest BCUT2D eigenvalue weighted by molar-refractivity contribution is 0.0368. The van der Waals surface area contributed by atoms with Gasteiger partial charge in [0.1, 0.15) is 0 Å². The molecule has 0 spiro atoms. The first-order valence-corrected chi connectivity index (χ1v) is 10.8. The Labute approximate surface area is 158 Å². The number of aliphatic hydroxyl groups is 1. The summed E-state index contributed by atoms with van der Waals surface area (Å²) in [6, 6.07) is 1.32. The zero-order chi connectivity index (χ0) is 18.2. The summed E-state index contributed by atoms with van der Waals surface area (Å²) >= 11 is 0. The number of guanidine groups is 1. The average molecular weight is 367 g/mol. The summed E-state index contributed by atoms with van der Waals surface area (Å²) < 4.78 is 5.56. The molecule has 0 radical (unpaired) electrons. The highest BCUT2D eigenvalue weighted by Gasteiger charge is 2.27. The topological polar surface area (TPSA) is 69.1 Å². The summed E-state index contributed by atoms with van der Waals surface area (Å²) in [6.45, 7) is 6.87. The smallest absolute Gasteiger partial charge is 0.191 e. The number of aliphatic imine (C=N–C) groups is 1. The summed E-state index contributed by atoms with van der Waals surface area (Å²) in [5.41, 5.74) is 0. The van der Waals surface area contributed by atoms with Crippen LogP contribution in [-0.2, 0) is 4.74 Å². The van der Waals surface area contributed by atoms with E-state index in [4.69, 9.17) is 4.74 Å². The molecule has 1 saturated heterocycles. The molecule has 1 unspecified atom stereocenters. The molecule has 1 atom stereocenters. The largest absolute Gasteiger partial charge is 0.389 e. The van der Waals surface area contributed by atoms with E-state index in [0.717, 1.165) is 31.1 Å². The zero-order valence-electron chi connectivity index (χ0n) is 16.5. The summed E-state index contributed by atoms with van der Waals surface area (Å²) in [6.07, 6.45) is 9.99. The molecule has 0 aromatic rings. The second kappa shape index (κ2) is 10.5. The van der Waals surface area contributed by atoms with Crippen LogP contribution in [0.5, 0.6) is 0 Å². The van der Waals surface area contributed by atoms with Gasteiger partial charge in [-0.15, -0.1) is 0 Å². The Kier molecular flexibility index (Phi) is 8.02. The second-order valence-electron chi connectivity index (χ2n) is 8.25. The van der Waals surface area contributed by atoms with Gasteiger partial charge in [0, 0.05) is 38.3 Å². The highest BCUT2D eigenvalue weighted by molar-refractivity contribution is 5.80. The van der Waals surface area contributed by atoms with E-state index in [2.05, 4.69) is 27.4 Å². The van der Waals surface area contributed by atoms with E-state index in [1.807, 2.05) is 0 Å². The first kappa shape index (κ1) is 19.9. The van der Waals surface area contributed by atoms with Crippen molar-refractivity contribution in [3.05, 3.63) is 0 Å². The van der Waals surface area contributed by atoms with Crippen LogP contribution in [0.1, 0.15) is 58.3 Å². The lowest BCUT2D eigenvalue weighted by Gasteiger charge is -2.36. The molecule has 6 nitrogen and oxygen atoms in total. The number of ether oxygens (including phenoxy) is 1. The van der Waals surface area contributed by atoms with E-state index in [1.165, 1.54) is 64.5 Å². The normalized spacial score (nSPS) is 24.8. The molecule has 0 aromatic carbocycles. The van der Waals surface area contributed by atoms with Crippen molar-refractivity contribution in [2.75, 3.05) is 39.4 Å². The maximum absolute atomic E-state index is 10.1. The summed E-state index contributed by atoms with van der Waals surface area (Å²) in [5.74, 6) is 1.56. The van der Waals surface area contributed by atoms with Crippen LogP contribution < -0.4 is 10.6 Å². The van der Waals surface area contributed by atoms with Crippen molar-refractivity contribution in [3.63, 3.8) is 0 Å². The van der Waals surface area contributed by atoms with Crippen molar-refractivity contribution in [3.8, 4) is 0 Å². The predicted octanol–water partition coefficient (Wildman–Crippen LogP) is 1.74. The first-order chi connectivity index (χ1) is 12.7. The molecular formula is C20H38N4O2. The Morgan fingerprint density at radius 1 is 1.15 bits per heavy atom. The van der Waals surface area contributed by atoms with Crippen molar-refractivity contribution in [1.29, 1.82) is 0 Å². The summed E-state index contributed by atoms with van der Waals surface area (Å²) in [7, 11) is 0. The Balaban J connectivity index is 1.36. The predicted molar refractivity (Wildman–Crippen MR) is 106 cm³/mol. The molecule has 6 heteroatoms. The molecular weight excluding hydrogens is 328 g/mol. The van der Waals surface area contributed by atoms with E-state index in [1.54, 1.807) is 0 Å². The highest BCUT2D eigenvalue weighted by atomic mass is 16.5. The Morgan fingerprint density at radius 2 is 1.88 bits per heavy atom. The number of rotatable bonds is 9. The lowest BCUT2D eigenvalue weighted by Crippen LogP contribution is -2.50. The number of aliphatic hydroxyl groups excluding tert-OH is 1. The fourth-order valence-corrected chi connectivity index (χ4v) is 4.10. The van der Waals surface area contributed by atoms with Crippen molar-refractivity contribution >= 4 is 5.96 Å². The molecule has 0 aromatic heterocycles. The van der Waals surface area contributed by atoms with E-state index in [-0.39, 0.29) is 0 Å². The van der Waals surface area contributed by atoms with Crippen LogP contribution in [0.2, 0.25) is 0 Å². The number of likely N-dealkylation sites (tertiary alicyclic amines) is 1. The van der Waals surface area contributed by atoms with Crippen LogP contribution in [0.3, 0.4) is 0 Å². The van der Waals surface area contributed by atoms with Crippen molar-refractivity contribution in [1.82, 2.24) is 15.5 Å². The van der Waals surface area contributed by atoms with Gasteiger partial charge >= 0.3 is 0 Å². The lowest BCUT2D eigenvalue weighted by atomic mass is 10.0. The van der Waals surface area contributed by atoms with Gasteiger partial charge in [-0.2, -0.15) is 0 Å². The van der Waals surface area contributed by atoms with Gasteiger partial charge in [-0.25, -0.2) is 0 Å². The number of hydrogen-bond acceptors (Lipinski definition) is 4. The maximum Gasteiger partial charge on any atom is 0.191 e. The first-order valence-electron chi connectivity index (χ1n) is 10.8. The fourth-order valence-electron chi connectivity index (χ4n) is 4.10. The molecule has 1 heterocycles. The van der Waals surface area contributed by atoms with Gasteiger partial charge in [-0.1, -0.05) is 12.8 Å². The van der Waals surface area contributed by atoms with E-state index >= 15 is 0 Å². The molecule has 3 aliphatic rings. The molecule has 2 aliphatic carbocycles. The summed E-state index contributed by atoms with van der Waals surface area (Å²) in [5, 5.41) is 16.9. The average Bonchev–Trinajstić information content (AvgIpc) is 3.31. The zero-order valence-corrected chi connectivity index (χ0v) is 16.5. The van der Waals surface area contributed by atoms with Crippen LogP contribution in [0.25, 0.3) is 0 Å². The number of nitrogens with zero attached hydrogens (tertiary/aromatic N) is 2. The fraction of sp³-hybridized carbons (Fsp3) is 0.950. The van der Waals surface area contributed by atoms with Crippen LogP contribution in [0.15, 0.2) is 4.99 Å². The molecule has 3 fully saturated rings. The molecule has 26 heavy (non-hydrogen) atoms. The maximum atomic E-state index is 10.1. The summed E-state index contributed by atoms with van der Waals surface area (Å²) in [4.78, 5) is 7.26. The van der Waals surface area contributed by atoms with E-state index < -0.39 is 6.10 Å². The molecule has 0 bridgehead atoms. The van der Waals surface area contributed by atoms with Crippen LogP contribution in [0.4, 0.5) is 0 Å². The third-order valence-corrected chi connectivity index (χ3v) is 5.88. The Hall–Kier alpha value is -0.850. The Morgan fingerprint density at radius 3 is 2.54 bits per heavy atom. The highest BCUT2D eigenvalue weighted by Crippen LogP contribution is 2.28. The second-order valence-corrected chi connectivity index (χ2v) is 8.25. The molecule has 3 rings (SSSR count). The minimum atomic E-state index is -0.520. The van der Waals surface area contributed by atoms with Crippen LogP contribution in [0, 0.1) is 5.92 Å². The molecule has 150 valence electrons. The van der Waals surface area contributed by atoms with E-state index in [0.29, 0.717) is 19.2 Å². The van der Waals surface area contributed by atoms with Crippen LogP contribution in [-0.4, -0.2) is 73.5 Å². The van der Waals surface area contributed by atoms with Crippen molar-refractivity contribution < 1.29 is 9.84 Å². The minimum Gasteiger partial charge on any atom is -0.389 e. The van der Waals surface area contributed by atoms with Gasteiger partial charge in [0.2, 0.25) is 0 Å². The number of hydrogen-bond donors (Lipinski definition) is 3. The van der Waals surface area contributed by atoms with Crippen molar-refractivity contribution in [2.24, 2.45) is 10.9 Å². The van der Waals surface area contributed by atoms with Gasteiger partial charge in [0.15, 0.2) is 5.96 Å². The minimum absolute atomic E-state index is 0.388. The SMILES string of the molecule is CCNC(=NCC(O)COCC1CC1)NC1CCN(C2CCCC2)CC1. The standard InChI is InChI=1S/C20H38N4O2/c1-2-21-20(22-13-19(25)15-26-14-16-7-8-16)23-17-9-11-24(12-10-17)18-5-3-4-6-18/h16-19,25H,2-15H2,1H3,(H2,21,22,23). The number of piperidine rings is 1. The van der Waals surface area contributed by atoms with Crippen molar-refractivity contribution in [2.45, 2.75) is 76.5 Å². The third kappa shape index (κ3) is 6.71. The van der Waals surface area contributed by atoms with Crippen LogP contribution >= 0.6 is 0 Å². The molecule has 0 amide bonds. The molecule has 3 N–H and O–H groups in total. The molecule has 2 saturated carbocycles. The monoisotopic (exact) mass is 366 g/mol. The molecule has 1 aliphatic heterocycles.